The number of aliphatic hydroxyl groups is 2. The molecule has 9 nitrogen and oxygen atoms in total. The Morgan fingerprint density at radius 2 is 1.81 bits per heavy atom. The smallest absolute Gasteiger partial charge is 0.309 e. The maximum Gasteiger partial charge on any atom is 0.309 e. The van der Waals surface area contributed by atoms with Crippen LogP contribution in [0.4, 0.5) is 0 Å². The Hall–Kier alpha value is -0.810. The van der Waals surface area contributed by atoms with Gasteiger partial charge in [0.2, 0.25) is 0 Å². The molecule has 0 aromatic rings. The minimum absolute atomic E-state index is 0.0210. The normalized spacial score (nSPS) is 36.7. The average molecular weight is 461 g/mol. The largest absolute Gasteiger partial charge is 0.463 e. The highest BCUT2D eigenvalue weighted by Gasteiger charge is 2.57. The molecule has 1 saturated carbocycles. The Kier molecular flexibility index (Phi) is 9.32. The number of aliphatic hydroxyl groups excluding tert-OH is 2. The van der Waals surface area contributed by atoms with Gasteiger partial charge < -0.3 is 38.6 Å². The molecule has 32 heavy (non-hydrogen) atoms. The molecule has 1 aliphatic carbocycles. The summed E-state index contributed by atoms with van der Waals surface area (Å²) >= 11 is 0. The fraction of sp³-hybridized carbons (Fsp3) is 0.957. The molecule has 3 rings (SSSR count). The van der Waals surface area contributed by atoms with Crippen molar-refractivity contribution >= 4 is 5.97 Å². The Balaban J connectivity index is 1.41. The van der Waals surface area contributed by atoms with E-state index in [0.717, 1.165) is 31.6 Å². The third kappa shape index (κ3) is 6.85. The van der Waals surface area contributed by atoms with Crippen molar-refractivity contribution in [2.75, 3.05) is 19.8 Å². The topological polar surface area (TPSA) is 113 Å². The highest BCUT2D eigenvalue weighted by molar-refractivity contribution is 5.72. The molecule has 3 aliphatic rings. The lowest BCUT2D eigenvalue weighted by atomic mass is 9.87. The highest BCUT2D eigenvalue weighted by Crippen LogP contribution is 2.40. The molecule has 3 fully saturated rings. The van der Waals surface area contributed by atoms with Crippen molar-refractivity contribution < 1.29 is 43.4 Å². The molecule has 0 spiro atoms. The lowest BCUT2D eigenvalue weighted by Gasteiger charge is -2.29. The Bertz CT molecular complexity index is 588. The van der Waals surface area contributed by atoms with E-state index in [1.807, 2.05) is 0 Å². The van der Waals surface area contributed by atoms with E-state index in [1.54, 1.807) is 20.8 Å². The molecule has 186 valence electrons. The predicted octanol–water partition coefficient (Wildman–Crippen LogP) is 2.11. The van der Waals surface area contributed by atoms with Gasteiger partial charge in [0, 0.05) is 0 Å². The number of esters is 1. The number of ether oxygens (including phenoxy) is 6. The van der Waals surface area contributed by atoms with Gasteiger partial charge in [0.25, 0.3) is 0 Å². The maximum atomic E-state index is 12.4. The summed E-state index contributed by atoms with van der Waals surface area (Å²) in [5.41, 5.74) is 0. The summed E-state index contributed by atoms with van der Waals surface area (Å²) in [6.07, 6.45) is 1.72. The van der Waals surface area contributed by atoms with Gasteiger partial charge in [-0.25, -0.2) is 0 Å². The Labute approximate surface area is 190 Å². The van der Waals surface area contributed by atoms with Crippen LogP contribution in [0.5, 0.6) is 0 Å². The number of fused-ring (bicyclic) bond motifs is 1. The van der Waals surface area contributed by atoms with E-state index < -0.39 is 49.4 Å². The van der Waals surface area contributed by atoms with Gasteiger partial charge in [-0.15, -0.1) is 0 Å². The van der Waals surface area contributed by atoms with Gasteiger partial charge in [-0.3, -0.25) is 4.79 Å². The highest BCUT2D eigenvalue weighted by atomic mass is 16.8. The van der Waals surface area contributed by atoms with Gasteiger partial charge in [-0.05, 0) is 39.5 Å². The molecule has 2 N–H and O–H groups in total. The van der Waals surface area contributed by atoms with Gasteiger partial charge in [0.1, 0.15) is 31.0 Å². The van der Waals surface area contributed by atoms with Gasteiger partial charge in [0.15, 0.2) is 18.4 Å². The van der Waals surface area contributed by atoms with E-state index in [0.29, 0.717) is 0 Å². The predicted molar refractivity (Wildman–Crippen MR) is 113 cm³/mol. The zero-order valence-electron chi connectivity index (χ0n) is 19.7. The van der Waals surface area contributed by atoms with Gasteiger partial charge in [-0.1, -0.05) is 32.6 Å². The molecule has 0 amide bonds. The average Bonchev–Trinajstić information content (AvgIpc) is 3.19. The van der Waals surface area contributed by atoms with Crippen LogP contribution in [0, 0.1) is 11.8 Å². The van der Waals surface area contributed by atoms with Crippen LogP contribution in [0.2, 0.25) is 0 Å². The van der Waals surface area contributed by atoms with E-state index >= 15 is 0 Å². The quantitative estimate of drug-likeness (QED) is 0.303. The van der Waals surface area contributed by atoms with E-state index in [2.05, 4.69) is 6.92 Å². The molecule has 2 unspecified atom stereocenters. The molecule has 0 radical (unpaired) electrons. The van der Waals surface area contributed by atoms with Crippen molar-refractivity contribution in [3.63, 3.8) is 0 Å². The summed E-state index contributed by atoms with van der Waals surface area (Å²) in [6, 6.07) is 0. The van der Waals surface area contributed by atoms with E-state index in [-0.39, 0.29) is 25.1 Å². The molecule has 0 bridgehead atoms. The number of hydrogen-bond donors (Lipinski definition) is 2. The van der Waals surface area contributed by atoms with Crippen molar-refractivity contribution in [1.82, 2.24) is 0 Å². The molecule has 6 atom stereocenters. The first-order chi connectivity index (χ1) is 15.2. The van der Waals surface area contributed by atoms with E-state index in [9.17, 15) is 15.0 Å². The minimum atomic E-state index is -1.14. The van der Waals surface area contributed by atoms with Crippen molar-refractivity contribution in [2.24, 2.45) is 11.8 Å². The van der Waals surface area contributed by atoms with Crippen molar-refractivity contribution in [1.29, 1.82) is 0 Å². The lowest BCUT2D eigenvalue weighted by Crippen LogP contribution is -2.45. The second-order valence-corrected chi connectivity index (χ2v) is 9.69. The number of carbonyl (C=O) groups excluding carboxylic acids is 1. The van der Waals surface area contributed by atoms with Crippen molar-refractivity contribution in [2.45, 2.75) is 109 Å². The zero-order chi connectivity index (χ0) is 23.3. The first kappa shape index (κ1) is 25.8. The Morgan fingerprint density at radius 3 is 2.47 bits per heavy atom. The summed E-state index contributed by atoms with van der Waals surface area (Å²) in [5.74, 6) is -0.256. The number of rotatable bonds is 9. The summed E-state index contributed by atoms with van der Waals surface area (Å²) in [4.78, 5) is 12.4. The first-order valence-corrected chi connectivity index (χ1v) is 11.9. The fourth-order valence-corrected chi connectivity index (χ4v) is 4.76. The molecular formula is C23H40O9. The van der Waals surface area contributed by atoms with Gasteiger partial charge in [0.05, 0.1) is 19.1 Å². The van der Waals surface area contributed by atoms with Crippen molar-refractivity contribution in [3.8, 4) is 0 Å². The molecule has 2 heterocycles. The zero-order valence-corrected chi connectivity index (χ0v) is 19.7. The van der Waals surface area contributed by atoms with Crippen molar-refractivity contribution in [3.05, 3.63) is 0 Å². The fourth-order valence-electron chi connectivity index (χ4n) is 4.76. The minimum Gasteiger partial charge on any atom is -0.463 e. The van der Waals surface area contributed by atoms with Crippen LogP contribution < -0.4 is 0 Å². The second-order valence-electron chi connectivity index (χ2n) is 9.69. The Morgan fingerprint density at radius 1 is 1.12 bits per heavy atom. The molecule has 0 aromatic carbocycles. The second kappa shape index (κ2) is 11.6. The van der Waals surface area contributed by atoms with Crippen LogP contribution >= 0.6 is 0 Å². The number of hydrogen-bond acceptors (Lipinski definition) is 9. The molecule has 0 aromatic heterocycles. The third-order valence-corrected chi connectivity index (χ3v) is 6.45. The molecular weight excluding hydrogens is 420 g/mol. The van der Waals surface area contributed by atoms with Crippen LogP contribution in [0.3, 0.4) is 0 Å². The monoisotopic (exact) mass is 460 g/mol. The first-order valence-electron chi connectivity index (χ1n) is 11.9. The molecule has 2 saturated heterocycles. The molecule has 9 heteroatoms. The van der Waals surface area contributed by atoms with Crippen LogP contribution in [-0.4, -0.2) is 78.8 Å². The van der Waals surface area contributed by atoms with E-state index in [4.69, 9.17) is 28.4 Å². The van der Waals surface area contributed by atoms with Gasteiger partial charge >= 0.3 is 5.97 Å². The molecule has 2 aliphatic heterocycles. The summed E-state index contributed by atoms with van der Waals surface area (Å²) < 4.78 is 34.4. The van der Waals surface area contributed by atoms with Gasteiger partial charge in [-0.2, -0.15) is 0 Å². The van der Waals surface area contributed by atoms with Crippen LogP contribution in [0.1, 0.15) is 66.2 Å². The van der Waals surface area contributed by atoms with Crippen LogP contribution in [-0.2, 0) is 33.2 Å². The maximum absolute atomic E-state index is 12.4. The lowest BCUT2D eigenvalue weighted by molar-refractivity contribution is -0.250. The standard InChI is InChI=1S/C23H40O9/c1-14-7-5-9-16(10-6-8-14)21(26)28-12-11-27-15(2)29-19-18(17(25)13-24)30-22-20(19)31-23(3,4)32-22/h14-20,22,24-25H,5-13H2,1-4H3/t14?,15?,16?,17?,18-,19+,20-,22-/m1/s1. The SMILES string of the molecule is CC1CCCC(C(=O)OCCOC(C)O[C@@H]2[C@H]3OC(C)(C)O[C@H]3O[C@@H]2C(O)CO)CCC1. The third-order valence-electron chi connectivity index (χ3n) is 6.45. The number of carbonyl (C=O) groups is 1. The van der Waals surface area contributed by atoms with Crippen LogP contribution in [0.15, 0.2) is 0 Å². The van der Waals surface area contributed by atoms with Crippen LogP contribution in [0.25, 0.3) is 0 Å². The summed E-state index contributed by atoms with van der Waals surface area (Å²) in [6.45, 7) is 7.40. The summed E-state index contributed by atoms with van der Waals surface area (Å²) in [7, 11) is 0. The van der Waals surface area contributed by atoms with E-state index in [1.165, 1.54) is 12.8 Å². The summed E-state index contributed by atoms with van der Waals surface area (Å²) in [5, 5.41) is 19.5.